The molecule has 0 bridgehead atoms. The topological polar surface area (TPSA) is 60.5 Å². The van der Waals surface area contributed by atoms with Gasteiger partial charge in [0.25, 0.3) is 0 Å². The van der Waals surface area contributed by atoms with Crippen molar-refractivity contribution in [1.29, 1.82) is 0 Å². The normalized spacial score (nSPS) is 11.7. The molecule has 2 aromatic carbocycles. The molecule has 0 spiro atoms. The van der Waals surface area contributed by atoms with Crippen LogP contribution in [0.15, 0.2) is 54.7 Å². The second kappa shape index (κ2) is 9.37. The zero-order valence-corrected chi connectivity index (χ0v) is 17.1. The van der Waals surface area contributed by atoms with Gasteiger partial charge in [-0.15, -0.1) is 11.3 Å². The van der Waals surface area contributed by atoms with Gasteiger partial charge in [-0.3, -0.25) is 4.79 Å². The van der Waals surface area contributed by atoms with E-state index in [4.69, 9.17) is 9.47 Å². The molecular weight excluding hydrogens is 372 g/mol. The maximum atomic E-state index is 12.8. The number of nitrogens with one attached hydrogen (secondary N) is 1. The molecule has 3 aromatic rings. The van der Waals surface area contributed by atoms with Crippen molar-refractivity contribution in [2.24, 2.45) is 0 Å². The smallest absolute Gasteiger partial charge is 0.233 e. The van der Waals surface area contributed by atoms with E-state index in [0.29, 0.717) is 18.0 Å². The third-order valence-electron chi connectivity index (χ3n) is 4.58. The van der Waals surface area contributed by atoms with Gasteiger partial charge in [0.05, 0.1) is 20.1 Å². The first kappa shape index (κ1) is 19.9. The summed E-state index contributed by atoms with van der Waals surface area (Å²) in [6.45, 7) is 2.00. The lowest BCUT2D eigenvalue weighted by atomic mass is 9.95. The van der Waals surface area contributed by atoms with E-state index in [-0.39, 0.29) is 11.8 Å². The van der Waals surface area contributed by atoms with Crippen LogP contribution >= 0.6 is 11.3 Å². The van der Waals surface area contributed by atoms with E-state index in [9.17, 15) is 4.79 Å². The highest BCUT2D eigenvalue weighted by Crippen LogP contribution is 2.28. The van der Waals surface area contributed by atoms with E-state index >= 15 is 0 Å². The third kappa shape index (κ3) is 4.70. The lowest BCUT2D eigenvalue weighted by Gasteiger charge is -2.14. The average Bonchev–Trinajstić information content (AvgIpc) is 3.16. The van der Waals surface area contributed by atoms with Crippen LogP contribution in [0.4, 0.5) is 5.13 Å². The number of para-hydroxylation sites is 1. The van der Waals surface area contributed by atoms with Crippen molar-refractivity contribution in [2.75, 3.05) is 19.5 Å². The summed E-state index contributed by atoms with van der Waals surface area (Å²) in [5.74, 6) is 1.35. The average molecular weight is 397 g/mol. The van der Waals surface area contributed by atoms with E-state index in [1.807, 2.05) is 55.5 Å². The van der Waals surface area contributed by atoms with Crippen LogP contribution in [0.25, 0.3) is 0 Å². The monoisotopic (exact) mass is 396 g/mol. The van der Waals surface area contributed by atoms with Crippen LogP contribution in [-0.2, 0) is 11.2 Å². The summed E-state index contributed by atoms with van der Waals surface area (Å²) < 4.78 is 10.6. The first-order valence-corrected chi connectivity index (χ1v) is 9.97. The zero-order chi connectivity index (χ0) is 19.9. The Balaban J connectivity index is 1.68. The molecule has 146 valence electrons. The molecule has 6 heteroatoms. The van der Waals surface area contributed by atoms with Crippen LogP contribution in [0.1, 0.15) is 35.3 Å². The second-order valence-electron chi connectivity index (χ2n) is 6.34. The highest BCUT2D eigenvalue weighted by Gasteiger charge is 2.20. The number of benzene rings is 2. The standard InChI is InChI=1S/C22H24N2O3S/c1-4-19(15-9-11-17(26-2)12-10-15)21(25)24-22-23-14-18(28-22)13-16-7-5-6-8-20(16)27-3/h5-12,14,19H,4,13H2,1-3H3,(H,23,24,25). The van der Waals surface area contributed by atoms with Gasteiger partial charge < -0.3 is 14.8 Å². The maximum Gasteiger partial charge on any atom is 0.233 e. The fraction of sp³-hybridized carbons (Fsp3) is 0.273. The Bertz CT molecular complexity index is 922. The number of anilines is 1. The van der Waals surface area contributed by atoms with E-state index in [2.05, 4.69) is 10.3 Å². The van der Waals surface area contributed by atoms with E-state index in [1.54, 1.807) is 20.4 Å². The number of carbonyl (C=O) groups excluding carboxylic acids is 1. The fourth-order valence-electron chi connectivity index (χ4n) is 3.08. The van der Waals surface area contributed by atoms with Crippen molar-refractivity contribution in [1.82, 2.24) is 4.98 Å². The first-order valence-electron chi connectivity index (χ1n) is 9.16. The van der Waals surface area contributed by atoms with Gasteiger partial charge in [0.2, 0.25) is 5.91 Å². The van der Waals surface area contributed by atoms with Gasteiger partial charge in [0.1, 0.15) is 11.5 Å². The van der Waals surface area contributed by atoms with Crippen LogP contribution in [0.3, 0.4) is 0 Å². The summed E-state index contributed by atoms with van der Waals surface area (Å²) in [5.41, 5.74) is 2.06. The molecule has 1 atom stereocenters. The lowest BCUT2D eigenvalue weighted by Crippen LogP contribution is -2.20. The highest BCUT2D eigenvalue weighted by atomic mass is 32.1. The summed E-state index contributed by atoms with van der Waals surface area (Å²) in [6.07, 6.45) is 3.23. The van der Waals surface area contributed by atoms with Crippen LogP contribution < -0.4 is 14.8 Å². The van der Waals surface area contributed by atoms with Crippen LogP contribution in [0, 0.1) is 0 Å². The number of methoxy groups -OCH3 is 2. The van der Waals surface area contributed by atoms with Crippen molar-refractivity contribution < 1.29 is 14.3 Å². The Morgan fingerprint density at radius 2 is 1.86 bits per heavy atom. The minimum atomic E-state index is -0.229. The molecule has 5 nitrogen and oxygen atoms in total. The molecule has 1 N–H and O–H groups in total. The molecule has 0 saturated heterocycles. The molecule has 28 heavy (non-hydrogen) atoms. The van der Waals surface area contributed by atoms with Crippen LogP contribution in [-0.4, -0.2) is 25.1 Å². The number of nitrogens with zero attached hydrogens (tertiary/aromatic N) is 1. The molecule has 0 radical (unpaired) electrons. The van der Waals surface area contributed by atoms with Crippen LogP contribution in [0.2, 0.25) is 0 Å². The van der Waals surface area contributed by atoms with Gasteiger partial charge in [0, 0.05) is 17.5 Å². The molecule has 3 rings (SSSR count). The van der Waals surface area contributed by atoms with Crippen molar-refractivity contribution in [3.8, 4) is 11.5 Å². The summed E-state index contributed by atoms with van der Waals surface area (Å²) in [6, 6.07) is 15.5. The molecule has 1 heterocycles. The number of aromatic nitrogens is 1. The number of carbonyl (C=O) groups is 1. The Labute approximate surface area is 169 Å². The molecule has 0 fully saturated rings. The summed E-state index contributed by atoms with van der Waals surface area (Å²) >= 11 is 1.49. The van der Waals surface area contributed by atoms with Gasteiger partial charge in [-0.25, -0.2) is 4.98 Å². The molecular formula is C22H24N2O3S. The molecule has 0 saturated carbocycles. The first-order chi connectivity index (χ1) is 13.6. The van der Waals surface area contributed by atoms with Crippen molar-refractivity contribution in [2.45, 2.75) is 25.7 Å². The van der Waals surface area contributed by atoms with Gasteiger partial charge >= 0.3 is 0 Å². The van der Waals surface area contributed by atoms with Gasteiger partial charge in [-0.2, -0.15) is 0 Å². The molecule has 1 amide bonds. The summed E-state index contributed by atoms with van der Waals surface area (Å²) in [7, 11) is 3.30. The third-order valence-corrected chi connectivity index (χ3v) is 5.50. The predicted molar refractivity (Wildman–Crippen MR) is 113 cm³/mol. The second-order valence-corrected chi connectivity index (χ2v) is 7.46. The number of rotatable bonds is 8. The predicted octanol–water partition coefficient (Wildman–Crippen LogP) is 4.88. The quantitative estimate of drug-likeness (QED) is 0.589. The lowest BCUT2D eigenvalue weighted by molar-refractivity contribution is -0.117. The number of hydrogen-bond acceptors (Lipinski definition) is 5. The molecule has 0 aliphatic carbocycles. The zero-order valence-electron chi connectivity index (χ0n) is 16.3. The largest absolute Gasteiger partial charge is 0.497 e. The number of amides is 1. The Morgan fingerprint density at radius 3 is 2.54 bits per heavy atom. The van der Waals surface area contributed by atoms with Crippen molar-refractivity contribution >= 4 is 22.4 Å². The Hall–Kier alpha value is -2.86. The molecule has 1 unspecified atom stereocenters. The molecule has 1 aromatic heterocycles. The van der Waals surface area contributed by atoms with E-state index in [1.165, 1.54) is 11.3 Å². The maximum absolute atomic E-state index is 12.8. The Morgan fingerprint density at radius 1 is 1.11 bits per heavy atom. The van der Waals surface area contributed by atoms with Crippen molar-refractivity contribution in [3.63, 3.8) is 0 Å². The number of thiazole rings is 1. The highest BCUT2D eigenvalue weighted by molar-refractivity contribution is 7.15. The number of hydrogen-bond donors (Lipinski definition) is 1. The van der Waals surface area contributed by atoms with E-state index in [0.717, 1.165) is 27.5 Å². The van der Waals surface area contributed by atoms with Gasteiger partial charge in [-0.05, 0) is 35.7 Å². The minimum absolute atomic E-state index is 0.0501. The molecule has 0 aliphatic heterocycles. The SMILES string of the molecule is CCC(C(=O)Nc1ncc(Cc2ccccc2OC)s1)c1ccc(OC)cc1. The van der Waals surface area contributed by atoms with Gasteiger partial charge in [-0.1, -0.05) is 37.3 Å². The van der Waals surface area contributed by atoms with Gasteiger partial charge in [0.15, 0.2) is 5.13 Å². The van der Waals surface area contributed by atoms with Crippen molar-refractivity contribution in [3.05, 3.63) is 70.7 Å². The minimum Gasteiger partial charge on any atom is -0.497 e. The summed E-state index contributed by atoms with van der Waals surface area (Å²) in [4.78, 5) is 18.2. The summed E-state index contributed by atoms with van der Waals surface area (Å²) in [5, 5.41) is 3.57. The Kier molecular flexibility index (Phi) is 6.66. The number of ether oxygens (including phenoxy) is 2. The van der Waals surface area contributed by atoms with Crippen LogP contribution in [0.5, 0.6) is 11.5 Å². The van der Waals surface area contributed by atoms with E-state index < -0.39 is 0 Å². The fourth-order valence-corrected chi connectivity index (χ4v) is 3.92. The molecule has 0 aliphatic rings.